The molecule has 1 saturated heterocycles. The van der Waals surface area contributed by atoms with Crippen molar-refractivity contribution >= 4 is 39.4 Å². The van der Waals surface area contributed by atoms with E-state index < -0.39 is 77.3 Å². The summed E-state index contributed by atoms with van der Waals surface area (Å²) in [5.41, 5.74) is -2.14. The SMILES string of the molecule is Cn1c(=O)n(-c2ccc(C[C@H](NC(=O)c3c(F)cc(N4CCOC[C@@H]4C(F)(F)F)cc3F)C(=O)O)c3cccnc23)c(=O)c2cnccc21. The molecule has 17 heteroatoms. The summed E-state index contributed by atoms with van der Waals surface area (Å²) in [6, 6.07) is 4.63. The molecule has 0 bridgehead atoms. The van der Waals surface area contributed by atoms with E-state index in [1.165, 1.54) is 54.5 Å². The fourth-order valence-corrected chi connectivity index (χ4v) is 5.87. The van der Waals surface area contributed by atoms with E-state index in [-0.39, 0.29) is 35.3 Å². The number of fused-ring (bicyclic) bond motifs is 2. The summed E-state index contributed by atoms with van der Waals surface area (Å²) >= 11 is 0. The maximum atomic E-state index is 15.2. The van der Waals surface area contributed by atoms with Crippen LogP contribution in [0.15, 0.2) is 70.6 Å². The third kappa shape index (κ3) is 6.08. The van der Waals surface area contributed by atoms with Gasteiger partial charge in [-0.2, -0.15) is 13.2 Å². The molecule has 49 heavy (non-hydrogen) atoms. The molecule has 2 atom stereocenters. The molecule has 0 spiro atoms. The van der Waals surface area contributed by atoms with Crippen LogP contribution in [0.25, 0.3) is 27.5 Å². The van der Waals surface area contributed by atoms with Gasteiger partial charge < -0.3 is 20.1 Å². The number of aryl methyl sites for hydroxylation is 1. The number of alkyl halides is 3. The van der Waals surface area contributed by atoms with E-state index in [9.17, 15) is 37.5 Å². The Kier molecular flexibility index (Phi) is 8.62. The topological polar surface area (TPSA) is 149 Å². The van der Waals surface area contributed by atoms with Crippen molar-refractivity contribution in [1.29, 1.82) is 0 Å². The molecule has 6 rings (SSSR count). The number of hydrogen-bond acceptors (Lipinski definition) is 8. The first-order chi connectivity index (χ1) is 23.3. The first-order valence-electron chi connectivity index (χ1n) is 14.6. The van der Waals surface area contributed by atoms with Crippen LogP contribution in [0.5, 0.6) is 0 Å². The number of carbonyl (C=O) groups is 2. The number of anilines is 1. The number of halogens is 5. The molecular formula is C32H25F5N6O6. The minimum atomic E-state index is -4.77. The molecule has 1 amide bonds. The number of benzene rings is 2. The second-order valence-corrected chi connectivity index (χ2v) is 11.2. The van der Waals surface area contributed by atoms with Crippen LogP contribution in [0, 0.1) is 11.6 Å². The van der Waals surface area contributed by atoms with Gasteiger partial charge in [-0.15, -0.1) is 0 Å². The van der Waals surface area contributed by atoms with E-state index in [0.29, 0.717) is 23.0 Å². The summed E-state index contributed by atoms with van der Waals surface area (Å²) in [6.45, 7) is -1.21. The van der Waals surface area contributed by atoms with Gasteiger partial charge in [0.25, 0.3) is 11.5 Å². The van der Waals surface area contributed by atoms with Crippen molar-refractivity contribution in [3.05, 3.63) is 105 Å². The number of aliphatic carboxylic acids is 1. The van der Waals surface area contributed by atoms with E-state index in [2.05, 4.69) is 15.3 Å². The number of carbonyl (C=O) groups excluding carboxylic acids is 1. The number of hydrogen-bond donors (Lipinski definition) is 2. The Morgan fingerprint density at radius 1 is 1.08 bits per heavy atom. The molecule has 4 heterocycles. The molecule has 3 aromatic heterocycles. The number of aromatic nitrogens is 4. The number of carboxylic acids is 1. The first kappa shape index (κ1) is 33.2. The minimum Gasteiger partial charge on any atom is -0.480 e. The van der Waals surface area contributed by atoms with Gasteiger partial charge in [0.05, 0.1) is 35.3 Å². The summed E-state index contributed by atoms with van der Waals surface area (Å²) in [5, 5.41) is 12.5. The largest absolute Gasteiger partial charge is 0.480 e. The number of ether oxygens (including phenoxy) is 1. The second kappa shape index (κ2) is 12.7. The molecule has 12 nitrogen and oxygen atoms in total. The molecule has 0 radical (unpaired) electrons. The lowest BCUT2D eigenvalue weighted by molar-refractivity contribution is -0.167. The molecule has 1 fully saturated rings. The van der Waals surface area contributed by atoms with Gasteiger partial charge >= 0.3 is 17.8 Å². The average Bonchev–Trinajstić information content (AvgIpc) is 3.07. The molecule has 1 aliphatic heterocycles. The highest BCUT2D eigenvalue weighted by Crippen LogP contribution is 2.33. The maximum Gasteiger partial charge on any atom is 0.411 e. The van der Waals surface area contributed by atoms with Gasteiger partial charge in [-0.1, -0.05) is 12.1 Å². The lowest BCUT2D eigenvalue weighted by atomic mass is 9.99. The Hall–Kier alpha value is -5.71. The van der Waals surface area contributed by atoms with Gasteiger partial charge in [0.1, 0.15) is 29.3 Å². The van der Waals surface area contributed by atoms with Crippen LogP contribution in [0.3, 0.4) is 0 Å². The average molecular weight is 685 g/mol. The predicted molar refractivity (Wildman–Crippen MR) is 165 cm³/mol. The van der Waals surface area contributed by atoms with Gasteiger partial charge in [0.15, 0.2) is 0 Å². The van der Waals surface area contributed by atoms with Crippen LogP contribution in [0.2, 0.25) is 0 Å². The molecule has 5 aromatic rings. The molecular weight excluding hydrogens is 659 g/mol. The molecule has 0 aliphatic carbocycles. The Morgan fingerprint density at radius 3 is 2.51 bits per heavy atom. The van der Waals surface area contributed by atoms with Crippen LogP contribution in [0.4, 0.5) is 27.6 Å². The van der Waals surface area contributed by atoms with Crippen LogP contribution in [-0.4, -0.2) is 74.1 Å². The zero-order chi connectivity index (χ0) is 35.2. The summed E-state index contributed by atoms with van der Waals surface area (Å²) in [4.78, 5) is 61.1. The monoisotopic (exact) mass is 684 g/mol. The van der Waals surface area contributed by atoms with E-state index in [1.807, 2.05) is 0 Å². The minimum absolute atomic E-state index is 0.0869. The number of amides is 1. The summed E-state index contributed by atoms with van der Waals surface area (Å²) < 4.78 is 78.0. The van der Waals surface area contributed by atoms with Crippen LogP contribution in [0.1, 0.15) is 15.9 Å². The number of pyridine rings is 2. The zero-order valence-corrected chi connectivity index (χ0v) is 25.4. The van der Waals surface area contributed by atoms with Crippen LogP contribution < -0.4 is 21.5 Å². The van der Waals surface area contributed by atoms with Gasteiger partial charge in [-0.3, -0.25) is 24.1 Å². The van der Waals surface area contributed by atoms with Crippen molar-refractivity contribution in [2.45, 2.75) is 24.7 Å². The molecule has 0 saturated carbocycles. The smallest absolute Gasteiger partial charge is 0.411 e. The number of rotatable bonds is 7. The fraction of sp³-hybridized carbons (Fsp3) is 0.250. The van der Waals surface area contributed by atoms with Gasteiger partial charge in [0, 0.05) is 49.7 Å². The van der Waals surface area contributed by atoms with Gasteiger partial charge in [-0.05, 0) is 35.9 Å². The quantitative estimate of drug-likeness (QED) is 0.247. The van der Waals surface area contributed by atoms with Gasteiger partial charge in [-0.25, -0.2) is 22.9 Å². The Labute approximate surface area is 272 Å². The van der Waals surface area contributed by atoms with E-state index in [1.54, 1.807) is 6.07 Å². The highest BCUT2D eigenvalue weighted by atomic mass is 19.4. The molecule has 1 aliphatic rings. The maximum absolute atomic E-state index is 15.2. The zero-order valence-electron chi connectivity index (χ0n) is 25.4. The number of carboxylic acid groups (broad SMARTS) is 1. The van der Waals surface area contributed by atoms with E-state index in [0.717, 1.165) is 9.47 Å². The first-order valence-corrected chi connectivity index (χ1v) is 14.6. The van der Waals surface area contributed by atoms with Crippen molar-refractivity contribution in [2.24, 2.45) is 7.05 Å². The second-order valence-electron chi connectivity index (χ2n) is 11.2. The number of nitrogens with one attached hydrogen (secondary N) is 1. The lowest BCUT2D eigenvalue weighted by Crippen LogP contribution is -2.53. The Balaban J connectivity index is 1.32. The van der Waals surface area contributed by atoms with Crippen molar-refractivity contribution in [1.82, 2.24) is 24.4 Å². The molecule has 2 N–H and O–H groups in total. The summed E-state index contributed by atoms with van der Waals surface area (Å²) in [7, 11) is 1.48. The normalized spacial score (nSPS) is 15.8. The number of morpholine rings is 1. The highest BCUT2D eigenvalue weighted by molar-refractivity contribution is 5.98. The number of nitrogens with zero attached hydrogens (tertiary/aromatic N) is 5. The third-order valence-corrected chi connectivity index (χ3v) is 8.27. The standard InChI is InChI=1S/C32H25F5N6O6/c1-41-23-6-8-38-14-19(23)29(45)43(31(41)48)24-5-4-16(18-3-2-7-39-27(18)24)11-22(30(46)47)40-28(44)26-20(33)12-17(13-21(26)34)42-9-10-49-15-25(42)32(35,36)37/h2-8,12-14,22,25H,9-11,15H2,1H3,(H,40,44)(H,46,47)/t22-,25+/m0/s1. The fourth-order valence-electron chi connectivity index (χ4n) is 5.87. The summed E-state index contributed by atoms with van der Waals surface area (Å²) in [5.74, 6) is -6.02. The van der Waals surface area contributed by atoms with Crippen molar-refractivity contribution in [2.75, 3.05) is 24.7 Å². The lowest BCUT2D eigenvalue weighted by Gasteiger charge is -2.38. The van der Waals surface area contributed by atoms with Crippen molar-refractivity contribution < 1.29 is 41.4 Å². The van der Waals surface area contributed by atoms with Crippen molar-refractivity contribution in [3.63, 3.8) is 0 Å². The van der Waals surface area contributed by atoms with E-state index in [4.69, 9.17) is 4.74 Å². The molecule has 0 unspecified atom stereocenters. The summed E-state index contributed by atoms with van der Waals surface area (Å²) in [6.07, 6.45) is -1.05. The van der Waals surface area contributed by atoms with Gasteiger partial charge in [0.2, 0.25) is 0 Å². The van der Waals surface area contributed by atoms with Crippen LogP contribution >= 0.6 is 0 Å². The molecule has 2 aromatic carbocycles. The third-order valence-electron chi connectivity index (χ3n) is 8.27. The Bertz CT molecular complexity index is 2230. The predicted octanol–water partition coefficient (Wildman–Crippen LogP) is 3.10. The van der Waals surface area contributed by atoms with Crippen LogP contribution in [-0.2, 0) is 23.0 Å². The van der Waals surface area contributed by atoms with E-state index >= 15 is 8.78 Å². The Morgan fingerprint density at radius 2 is 1.82 bits per heavy atom. The van der Waals surface area contributed by atoms with Crippen molar-refractivity contribution in [3.8, 4) is 5.69 Å². The highest BCUT2D eigenvalue weighted by Gasteiger charge is 2.46. The molecule has 254 valence electrons.